The van der Waals surface area contributed by atoms with E-state index in [2.05, 4.69) is 15.3 Å². The highest BCUT2D eigenvalue weighted by molar-refractivity contribution is 5.92. The summed E-state index contributed by atoms with van der Waals surface area (Å²) in [6.07, 6.45) is 2.16. The lowest BCUT2D eigenvalue weighted by Crippen LogP contribution is -2.32. The zero-order valence-electron chi connectivity index (χ0n) is 14.7. The summed E-state index contributed by atoms with van der Waals surface area (Å²) in [5.74, 6) is 0.349. The van der Waals surface area contributed by atoms with E-state index in [1.165, 1.54) is 0 Å². The van der Waals surface area contributed by atoms with Crippen molar-refractivity contribution in [2.24, 2.45) is 0 Å². The summed E-state index contributed by atoms with van der Waals surface area (Å²) in [5.41, 5.74) is 2.15. The standard InChI is InChI=1S/C19H24N4O2/c1-3-23(15-8-5-4-6-9-15)19-21-14(2)12-17(22-19)18(24)20-13-16-10-7-11-25-16/h4-6,8-9,12,16H,3,7,10-11,13H2,1-2H3,(H,20,24). The molecule has 0 saturated carbocycles. The van der Waals surface area contributed by atoms with Crippen molar-refractivity contribution < 1.29 is 9.53 Å². The molecule has 1 aromatic heterocycles. The Balaban J connectivity index is 1.78. The van der Waals surface area contributed by atoms with Crippen molar-refractivity contribution in [1.82, 2.24) is 15.3 Å². The molecule has 0 radical (unpaired) electrons. The van der Waals surface area contributed by atoms with Crippen LogP contribution < -0.4 is 10.2 Å². The van der Waals surface area contributed by atoms with Gasteiger partial charge in [0.1, 0.15) is 5.69 Å². The van der Waals surface area contributed by atoms with E-state index < -0.39 is 0 Å². The molecular formula is C19H24N4O2. The number of ether oxygens (including phenoxy) is 1. The Kier molecular flexibility index (Phi) is 5.60. The van der Waals surface area contributed by atoms with Gasteiger partial charge in [-0.15, -0.1) is 0 Å². The Morgan fingerprint density at radius 1 is 1.32 bits per heavy atom. The fourth-order valence-corrected chi connectivity index (χ4v) is 2.94. The van der Waals surface area contributed by atoms with Crippen molar-refractivity contribution in [3.05, 3.63) is 47.8 Å². The highest BCUT2D eigenvalue weighted by Crippen LogP contribution is 2.22. The molecule has 1 N–H and O–H groups in total. The van der Waals surface area contributed by atoms with Gasteiger partial charge in [0.15, 0.2) is 0 Å². The second-order valence-corrected chi connectivity index (χ2v) is 6.12. The third-order valence-corrected chi connectivity index (χ3v) is 4.21. The average molecular weight is 340 g/mol. The summed E-state index contributed by atoms with van der Waals surface area (Å²) in [6.45, 7) is 5.93. The SMILES string of the molecule is CCN(c1ccccc1)c1nc(C)cc(C(=O)NCC2CCCO2)n1. The first-order valence-electron chi connectivity index (χ1n) is 8.75. The number of carbonyl (C=O) groups is 1. The number of hydrogen-bond donors (Lipinski definition) is 1. The van der Waals surface area contributed by atoms with Crippen molar-refractivity contribution in [3.63, 3.8) is 0 Å². The van der Waals surface area contributed by atoms with Crippen LogP contribution in [0.3, 0.4) is 0 Å². The molecule has 1 aliphatic heterocycles. The molecule has 0 bridgehead atoms. The normalized spacial score (nSPS) is 16.6. The fraction of sp³-hybridized carbons (Fsp3) is 0.421. The molecule has 1 aromatic carbocycles. The van der Waals surface area contributed by atoms with Crippen LogP contribution in [0.15, 0.2) is 36.4 Å². The number of rotatable bonds is 6. The molecule has 132 valence electrons. The molecule has 25 heavy (non-hydrogen) atoms. The lowest BCUT2D eigenvalue weighted by molar-refractivity contribution is 0.0853. The van der Waals surface area contributed by atoms with Gasteiger partial charge in [0.05, 0.1) is 6.10 Å². The summed E-state index contributed by atoms with van der Waals surface area (Å²) in [4.78, 5) is 23.5. The van der Waals surface area contributed by atoms with Gasteiger partial charge in [-0.3, -0.25) is 4.79 Å². The predicted molar refractivity (Wildman–Crippen MR) is 97.2 cm³/mol. The van der Waals surface area contributed by atoms with Crippen LogP contribution in [0.5, 0.6) is 0 Å². The van der Waals surface area contributed by atoms with Crippen LogP contribution in [0.1, 0.15) is 35.9 Å². The van der Waals surface area contributed by atoms with Crippen molar-refractivity contribution in [2.75, 3.05) is 24.6 Å². The van der Waals surface area contributed by atoms with Crippen molar-refractivity contribution in [2.45, 2.75) is 32.8 Å². The molecule has 1 aliphatic rings. The predicted octanol–water partition coefficient (Wildman–Crippen LogP) is 2.85. The molecule has 0 spiro atoms. The number of amides is 1. The Morgan fingerprint density at radius 3 is 2.80 bits per heavy atom. The number of anilines is 2. The van der Waals surface area contributed by atoms with E-state index in [0.717, 1.165) is 30.8 Å². The minimum atomic E-state index is -0.189. The van der Waals surface area contributed by atoms with Crippen molar-refractivity contribution in [3.8, 4) is 0 Å². The van der Waals surface area contributed by atoms with Crippen molar-refractivity contribution in [1.29, 1.82) is 0 Å². The first-order valence-corrected chi connectivity index (χ1v) is 8.75. The van der Waals surface area contributed by atoms with Crippen LogP contribution in [-0.2, 0) is 4.74 Å². The van der Waals surface area contributed by atoms with Gasteiger partial charge >= 0.3 is 0 Å². The first kappa shape index (κ1) is 17.4. The van der Waals surface area contributed by atoms with E-state index in [0.29, 0.717) is 24.7 Å². The zero-order chi connectivity index (χ0) is 17.6. The molecule has 1 fully saturated rings. The van der Waals surface area contributed by atoms with Gasteiger partial charge in [-0.05, 0) is 44.9 Å². The molecule has 6 nitrogen and oxygen atoms in total. The molecule has 1 amide bonds. The van der Waals surface area contributed by atoms with Gasteiger partial charge in [-0.25, -0.2) is 9.97 Å². The molecule has 2 heterocycles. The van der Waals surface area contributed by atoms with Gasteiger partial charge in [0.25, 0.3) is 5.91 Å². The van der Waals surface area contributed by atoms with Crippen molar-refractivity contribution >= 4 is 17.5 Å². The summed E-state index contributed by atoms with van der Waals surface area (Å²) >= 11 is 0. The monoisotopic (exact) mass is 340 g/mol. The topological polar surface area (TPSA) is 67.4 Å². The van der Waals surface area contributed by atoms with Gasteiger partial charge in [0, 0.05) is 31.1 Å². The zero-order valence-corrected chi connectivity index (χ0v) is 14.7. The summed E-state index contributed by atoms with van der Waals surface area (Å²) in [5, 5.41) is 2.92. The highest BCUT2D eigenvalue weighted by Gasteiger charge is 2.19. The summed E-state index contributed by atoms with van der Waals surface area (Å²) in [7, 11) is 0. The molecule has 0 aliphatic carbocycles. The number of nitrogens with one attached hydrogen (secondary N) is 1. The first-order chi connectivity index (χ1) is 12.2. The maximum Gasteiger partial charge on any atom is 0.270 e. The highest BCUT2D eigenvalue weighted by atomic mass is 16.5. The van der Waals surface area contributed by atoms with Gasteiger partial charge in [-0.2, -0.15) is 0 Å². The Hall–Kier alpha value is -2.47. The quantitative estimate of drug-likeness (QED) is 0.876. The van der Waals surface area contributed by atoms with Gasteiger partial charge in [-0.1, -0.05) is 18.2 Å². The van der Waals surface area contributed by atoms with Crippen LogP contribution >= 0.6 is 0 Å². The van der Waals surface area contributed by atoms with Crippen LogP contribution in [0.4, 0.5) is 11.6 Å². The summed E-state index contributed by atoms with van der Waals surface area (Å²) < 4.78 is 5.54. The smallest absolute Gasteiger partial charge is 0.270 e. The third-order valence-electron chi connectivity index (χ3n) is 4.21. The second-order valence-electron chi connectivity index (χ2n) is 6.12. The number of carbonyl (C=O) groups excluding carboxylic acids is 1. The van der Waals surface area contributed by atoms with E-state index in [1.807, 2.05) is 49.1 Å². The van der Waals surface area contributed by atoms with E-state index in [9.17, 15) is 4.79 Å². The molecule has 2 aromatic rings. The van der Waals surface area contributed by atoms with E-state index in [4.69, 9.17) is 4.74 Å². The number of benzene rings is 1. The Morgan fingerprint density at radius 2 is 2.12 bits per heavy atom. The van der Waals surface area contributed by atoms with E-state index >= 15 is 0 Å². The Labute approximate surface area is 148 Å². The largest absolute Gasteiger partial charge is 0.376 e. The van der Waals surface area contributed by atoms with Crippen LogP contribution in [0.25, 0.3) is 0 Å². The maximum atomic E-state index is 12.5. The third kappa shape index (κ3) is 4.33. The molecule has 3 rings (SSSR count). The molecule has 1 atom stereocenters. The van der Waals surface area contributed by atoms with Gasteiger partial charge in [0.2, 0.25) is 5.95 Å². The minimum absolute atomic E-state index is 0.114. The van der Waals surface area contributed by atoms with Gasteiger partial charge < -0.3 is 15.0 Å². The minimum Gasteiger partial charge on any atom is -0.376 e. The number of nitrogens with zero attached hydrogens (tertiary/aromatic N) is 3. The molecule has 1 saturated heterocycles. The molecular weight excluding hydrogens is 316 g/mol. The number of aromatic nitrogens is 2. The lowest BCUT2D eigenvalue weighted by atomic mass is 10.2. The number of aryl methyl sites for hydroxylation is 1. The maximum absolute atomic E-state index is 12.5. The van der Waals surface area contributed by atoms with Crippen LogP contribution in [-0.4, -0.2) is 41.7 Å². The second kappa shape index (κ2) is 8.07. The lowest BCUT2D eigenvalue weighted by Gasteiger charge is -2.21. The van der Waals surface area contributed by atoms with Crippen LogP contribution in [0, 0.1) is 6.92 Å². The van der Waals surface area contributed by atoms with E-state index in [1.54, 1.807) is 6.07 Å². The fourth-order valence-electron chi connectivity index (χ4n) is 2.94. The Bertz CT molecular complexity index is 715. The number of para-hydroxylation sites is 1. The summed E-state index contributed by atoms with van der Waals surface area (Å²) in [6, 6.07) is 11.6. The van der Waals surface area contributed by atoms with E-state index in [-0.39, 0.29) is 12.0 Å². The molecule has 6 heteroatoms. The number of hydrogen-bond acceptors (Lipinski definition) is 5. The average Bonchev–Trinajstić information content (AvgIpc) is 3.14. The molecule has 1 unspecified atom stereocenters. The van der Waals surface area contributed by atoms with Crippen LogP contribution in [0.2, 0.25) is 0 Å².